The molecule has 21 heavy (non-hydrogen) atoms. The number of methoxy groups -OCH3 is 1. The van der Waals surface area contributed by atoms with Crippen molar-refractivity contribution in [3.05, 3.63) is 29.3 Å². The molecule has 0 radical (unpaired) electrons. The van der Waals surface area contributed by atoms with Gasteiger partial charge in [0.15, 0.2) is 0 Å². The van der Waals surface area contributed by atoms with Gasteiger partial charge in [-0.15, -0.1) is 0 Å². The quantitative estimate of drug-likeness (QED) is 0.834. The fourth-order valence-corrected chi connectivity index (χ4v) is 4.80. The van der Waals surface area contributed by atoms with E-state index in [0.29, 0.717) is 30.3 Å². The second-order valence-electron chi connectivity index (χ2n) is 6.68. The summed E-state index contributed by atoms with van der Waals surface area (Å²) in [6.45, 7) is 0. The smallest absolute Gasteiger partial charge is 0.223 e. The molecule has 1 saturated heterocycles. The highest BCUT2D eigenvalue weighted by atomic mass is 16.5. The van der Waals surface area contributed by atoms with Crippen LogP contribution in [-0.4, -0.2) is 30.0 Å². The number of amides is 1. The third-order valence-electron chi connectivity index (χ3n) is 5.70. The van der Waals surface area contributed by atoms with Crippen LogP contribution in [0.2, 0.25) is 0 Å². The lowest BCUT2D eigenvalue weighted by molar-refractivity contribution is -0.131. The predicted octanol–water partition coefficient (Wildman–Crippen LogP) is 3.27. The first-order valence-electron chi connectivity index (χ1n) is 8.26. The molecule has 1 heterocycles. The maximum Gasteiger partial charge on any atom is 0.223 e. The molecule has 3 heteroatoms. The standard InChI is InChI=1S/C18H23NO2/c1-21-17-8-4-7-13-14(17)9-10-16-15(13)11-18(20)19(16)12-5-2-3-6-12/h4,7-8,12,15-16H,2-3,5-6,9-11H2,1H3/t15-,16+/m1/s1. The Morgan fingerprint density at radius 3 is 2.76 bits per heavy atom. The lowest BCUT2D eigenvalue weighted by Gasteiger charge is -2.37. The zero-order chi connectivity index (χ0) is 14.4. The molecule has 2 atom stereocenters. The number of rotatable bonds is 2. The summed E-state index contributed by atoms with van der Waals surface area (Å²) in [5, 5.41) is 0. The van der Waals surface area contributed by atoms with E-state index in [4.69, 9.17) is 4.74 Å². The van der Waals surface area contributed by atoms with E-state index < -0.39 is 0 Å². The maximum atomic E-state index is 12.6. The second kappa shape index (κ2) is 5.04. The van der Waals surface area contributed by atoms with Crippen LogP contribution in [0.15, 0.2) is 18.2 Å². The Balaban J connectivity index is 1.69. The van der Waals surface area contributed by atoms with Crippen LogP contribution in [0, 0.1) is 0 Å². The van der Waals surface area contributed by atoms with E-state index in [0.717, 1.165) is 18.6 Å². The van der Waals surface area contributed by atoms with E-state index in [1.54, 1.807) is 7.11 Å². The highest BCUT2D eigenvalue weighted by Crippen LogP contribution is 2.46. The summed E-state index contributed by atoms with van der Waals surface area (Å²) in [7, 11) is 1.74. The predicted molar refractivity (Wildman–Crippen MR) is 81.6 cm³/mol. The third kappa shape index (κ3) is 1.97. The molecule has 2 aliphatic carbocycles. The fraction of sp³-hybridized carbons (Fsp3) is 0.611. The zero-order valence-corrected chi connectivity index (χ0v) is 12.7. The van der Waals surface area contributed by atoms with Crippen LogP contribution in [-0.2, 0) is 11.2 Å². The van der Waals surface area contributed by atoms with E-state index >= 15 is 0 Å². The first-order valence-corrected chi connectivity index (χ1v) is 8.26. The van der Waals surface area contributed by atoms with E-state index in [1.165, 1.54) is 36.8 Å². The van der Waals surface area contributed by atoms with Crippen molar-refractivity contribution in [1.82, 2.24) is 4.90 Å². The Morgan fingerprint density at radius 1 is 1.19 bits per heavy atom. The van der Waals surface area contributed by atoms with Gasteiger partial charge in [0.2, 0.25) is 5.91 Å². The molecule has 1 saturated carbocycles. The van der Waals surface area contributed by atoms with Crippen molar-refractivity contribution in [1.29, 1.82) is 0 Å². The minimum atomic E-state index is 0.382. The molecule has 0 bridgehead atoms. The van der Waals surface area contributed by atoms with Crippen molar-refractivity contribution in [2.45, 2.75) is 62.9 Å². The lowest BCUT2D eigenvalue weighted by atomic mass is 9.79. The number of likely N-dealkylation sites (tertiary alicyclic amines) is 1. The number of nitrogens with zero attached hydrogens (tertiary/aromatic N) is 1. The Labute approximate surface area is 126 Å². The van der Waals surface area contributed by atoms with Gasteiger partial charge in [-0.05, 0) is 42.9 Å². The van der Waals surface area contributed by atoms with Crippen molar-refractivity contribution >= 4 is 5.91 Å². The summed E-state index contributed by atoms with van der Waals surface area (Å²) >= 11 is 0. The van der Waals surface area contributed by atoms with Crippen LogP contribution in [0.5, 0.6) is 5.75 Å². The number of carbonyl (C=O) groups is 1. The molecule has 2 fully saturated rings. The van der Waals surface area contributed by atoms with Crippen molar-refractivity contribution in [2.24, 2.45) is 0 Å². The van der Waals surface area contributed by atoms with Crippen LogP contribution in [0.3, 0.4) is 0 Å². The third-order valence-corrected chi connectivity index (χ3v) is 5.70. The second-order valence-corrected chi connectivity index (χ2v) is 6.68. The Bertz CT molecular complexity index is 562. The topological polar surface area (TPSA) is 29.5 Å². The fourth-order valence-electron chi connectivity index (χ4n) is 4.80. The van der Waals surface area contributed by atoms with E-state index in [2.05, 4.69) is 17.0 Å². The number of ether oxygens (including phenoxy) is 1. The van der Waals surface area contributed by atoms with Crippen molar-refractivity contribution in [3.63, 3.8) is 0 Å². The zero-order valence-electron chi connectivity index (χ0n) is 12.7. The van der Waals surface area contributed by atoms with Crippen LogP contribution in [0.4, 0.5) is 0 Å². The normalized spacial score (nSPS) is 28.6. The van der Waals surface area contributed by atoms with Gasteiger partial charge in [-0.2, -0.15) is 0 Å². The molecule has 3 nitrogen and oxygen atoms in total. The van der Waals surface area contributed by atoms with Crippen LogP contribution in [0.1, 0.15) is 55.6 Å². The number of carbonyl (C=O) groups excluding carboxylic acids is 1. The lowest BCUT2D eigenvalue weighted by Crippen LogP contribution is -2.43. The molecule has 0 unspecified atom stereocenters. The number of hydrogen-bond donors (Lipinski definition) is 0. The molecule has 1 amide bonds. The molecule has 1 aromatic rings. The molecule has 1 aromatic carbocycles. The van der Waals surface area contributed by atoms with Crippen molar-refractivity contribution in [2.75, 3.05) is 7.11 Å². The first-order chi connectivity index (χ1) is 10.3. The van der Waals surface area contributed by atoms with Crippen molar-refractivity contribution in [3.8, 4) is 5.75 Å². The van der Waals surface area contributed by atoms with Gasteiger partial charge in [-0.1, -0.05) is 25.0 Å². The average molecular weight is 285 g/mol. The van der Waals surface area contributed by atoms with Gasteiger partial charge >= 0.3 is 0 Å². The highest BCUT2D eigenvalue weighted by Gasteiger charge is 2.46. The van der Waals surface area contributed by atoms with Gasteiger partial charge in [-0.25, -0.2) is 0 Å². The molecule has 0 aromatic heterocycles. The van der Waals surface area contributed by atoms with Crippen LogP contribution in [0.25, 0.3) is 0 Å². The Kier molecular flexibility index (Phi) is 3.16. The number of benzene rings is 1. The summed E-state index contributed by atoms with van der Waals surface area (Å²) < 4.78 is 5.52. The minimum absolute atomic E-state index is 0.382. The van der Waals surface area contributed by atoms with Crippen molar-refractivity contribution < 1.29 is 9.53 Å². The molecule has 1 aliphatic heterocycles. The largest absolute Gasteiger partial charge is 0.496 e. The average Bonchev–Trinajstić information content (AvgIpc) is 3.12. The summed E-state index contributed by atoms with van der Waals surface area (Å²) in [5.74, 6) is 1.77. The molecule has 4 rings (SSSR count). The van der Waals surface area contributed by atoms with E-state index in [9.17, 15) is 4.79 Å². The molecular formula is C18H23NO2. The summed E-state index contributed by atoms with van der Waals surface area (Å²) in [6, 6.07) is 7.27. The number of hydrogen-bond acceptors (Lipinski definition) is 2. The summed E-state index contributed by atoms with van der Waals surface area (Å²) in [6.07, 6.45) is 7.82. The van der Waals surface area contributed by atoms with Gasteiger partial charge in [-0.3, -0.25) is 4.79 Å². The van der Waals surface area contributed by atoms with Crippen LogP contribution < -0.4 is 4.74 Å². The summed E-state index contributed by atoms with van der Waals surface area (Å²) in [4.78, 5) is 14.9. The molecule has 0 N–H and O–H groups in total. The van der Waals surface area contributed by atoms with Gasteiger partial charge in [0.05, 0.1) is 7.11 Å². The van der Waals surface area contributed by atoms with Crippen LogP contribution >= 0.6 is 0 Å². The van der Waals surface area contributed by atoms with Gasteiger partial charge in [0.25, 0.3) is 0 Å². The maximum absolute atomic E-state index is 12.6. The Hall–Kier alpha value is -1.51. The molecule has 112 valence electrons. The van der Waals surface area contributed by atoms with Gasteiger partial charge in [0.1, 0.15) is 5.75 Å². The Morgan fingerprint density at radius 2 is 2.00 bits per heavy atom. The molecular weight excluding hydrogens is 262 g/mol. The minimum Gasteiger partial charge on any atom is -0.496 e. The first kappa shape index (κ1) is 13.2. The van der Waals surface area contributed by atoms with Gasteiger partial charge < -0.3 is 9.64 Å². The molecule has 3 aliphatic rings. The summed E-state index contributed by atoms with van der Waals surface area (Å²) in [5.41, 5.74) is 2.70. The highest BCUT2D eigenvalue weighted by molar-refractivity contribution is 5.81. The van der Waals surface area contributed by atoms with E-state index in [1.807, 2.05) is 6.07 Å². The molecule has 0 spiro atoms. The SMILES string of the molecule is COc1cccc2c1CC[C@H]1[C@@H]2CC(=O)N1C1CCCC1. The van der Waals surface area contributed by atoms with Gasteiger partial charge in [0, 0.05) is 24.4 Å². The van der Waals surface area contributed by atoms with E-state index in [-0.39, 0.29) is 0 Å². The number of fused-ring (bicyclic) bond motifs is 3. The monoisotopic (exact) mass is 285 g/mol.